The van der Waals surface area contributed by atoms with E-state index >= 15 is 0 Å². The van der Waals surface area contributed by atoms with Crippen LogP contribution in [0, 0.1) is 13.8 Å². The van der Waals surface area contributed by atoms with Gasteiger partial charge in [-0.15, -0.1) is 0 Å². The van der Waals surface area contributed by atoms with E-state index in [1.807, 2.05) is 0 Å². The Kier molecular flexibility index (Phi) is 7.23. The van der Waals surface area contributed by atoms with Crippen molar-refractivity contribution < 1.29 is 0 Å². The molecule has 0 fully saturated rings. The first-order valence-corrected chi connectivity index (χ1v) is 12.0. The van der Waals surface area contributed by atoms with Crippen LogP contribution in [0.1, 0.15) is 75.9 Å². The third-order valence-corrected chi connectivity index (χ3v) is 6.50. The van der Waals surface area contributed by atoms with E-state index < -0.39 is 0 Å². The summed E-state index contributed by atoms with van der Waals surface area (Å²) in [7, 11) is 0. The second-order valence-corrected chi connectivity index (χ2v) is 9.83. The Labute approximate surface area is 187 Å². The number of rotatable bonds is 6. The van der Waals surface area contributed by atoms with Gasteiger partial charge in [0.1, 0.15) is 0 Å². The van der Waals surface area contributed by atoms with Gasteiger partial charge in [-0.3, -0.25) is 0 Å². The molecule has 1 N–H and O–H groups in total. The Bertz CT molecular complexity index is 1080. The summed E-state index contributed by atoms with van der Waals surface area (Å²) in [4.78, 5) is 3.68. The SMILES string of the molecule is CCCCCCc1ccc2[nH]c(C)c(C)n(CS)c3c(C(C)(C)C)cccc3c2c1. The zero-order valence-corrected chi connectivity index (χ0v) is 20.5. The average molecular weight is 423 g/mol. The standard InChI is InChI=1S/C27H38N2S/c1-7-8-9-10-12-21-15-16-25-23(17-21)22-13-11-14-24(27(4,5)6)26(22)29(18-30)20(3)19(2)28-25/h11,13-17,28,30H,7-10,12,18H2,1-6H3. The molecule has 1 heterocycles. The van der Waals surface area contributed by atoms with Crippen LogP contribution in [0.15, 0.2) is 36.4 Å². The van der Waals surface area contributed by atoms with Crippen molar-refractivity contribution in [2.75, 3.05) is 0 Å². The second-order valence-electron chi connectivity index (χ2n) is 9.55. The number of fused-ring (bicyclic) bond motifs is 3. The smallest absolute Gasteiger partial charge is 0.0656 e. The Hall–Kier alpha value is -1.87. The van der Waals surface area contributed by atoms with Crippen LogP contribution in [-0.2, 0) is 17.7 Å². The molecule has 0 atom stereocenters. The predicted molar refractivity (Wildman–Crippen MR) is 136 cm³/mol. The van der Waals surface area contributed by atoms with Gasteiger partial charge >= 0.3 is 0 Å². The number of benzene rings is 2. The highest BCUT2D eigenvalue weighted by Gasteiger charge is 2.19. The van der Waals surface area contributed by atoms with Crippen molar-refractivity contribution in [3.8, 4) is 0 Å². The number of para-hydroxylation sites is 1. The van der Waals surface area contributed by atoms with Crippen LogP contribution in [0.4, 0.5) is 0 Å². The van der Waals surface area contributed by atoms with Crippen molar-refractivity contribution in [2.24, 2.45) is 0 Å². The van der Waals surface area contributed by atoms with E-state index in [1.165, 1.54) is 70.0 Å². The number of nitrogens with one attached hydrogen (secondary N) is 1. The van der Waals surface area contributed by atoms with E-state index in [4.69, 9.17) is 12.6 Å². The quantitative estimate of drug-likeness (QED) is 0.295. The molecule has 0 aliphatic rings. The first-order chi connectivity index (χ1) is 14.3. The van der Waals surface area contributed by atoms with Crippen LogP contribution >= 0.6 is 12.6 Å². The maximum Gasteiger partial charge on any atom is 0.0656 e. The number of thiol groups is 1. The Morgan fingerprint density at radius 2 is 1.73 bits per heavy atom. The number of H-pyrrole nitrogens is 1. The van der Waals surface area contributed by atoms with Gasteiger partial charge in [-0.25, -0.2) is 0 Å². The highest BCUT2D eigenvalue weighted by molar-refractivity contribution is 7.79. The summed E-state index contributed by atoms with van der Waals surface area (Å²) in [5.41, 5.74) is 7.72. The molecule has 0 aliphatic carbocycles. The predicted octanol–water partition coefficient (Wildman–Crippen LogP) is 8.17. The number of nitrogens with zero attached hydrogens (tertiary/aromatic N) is 1. The minimum absolute atomic E-state index is 0.0469. The van der Waals surface area contributed by atoms with Gasteiger partial charge in [0, 0.05) is 27.7 Å². The molecule has 0 bridgehead atoms. The lowest BCUT2D eigenvalue weighted by atomic mass is 9.85. The summed E-state index contributed by atoms with van der Waals surface area (Å²) in [6, 6.07) is 13.7. The lowest BCUT2D eigenvalue weighted by Gasteiger charge is -2.25. The molecule has 2 aromatic carbocycles. The molecule has 0 spiro atoms. The molecular formula is C27H38N2S. The summed E-state index contributed by atoms with van der Waals surface area (Å²) in [5.74, 6) is 0.650. The largest absolute Gasteiger partial charge is 0.357 e. The van der Waals surface area contributed by atoms with E-state index in [0.29, 0.717) is 5.88 Å². The molecule has 0 saturated carbocycles. The zero-order valence-electron chi connectivity index (χ0n) is 19.6. The first kappa shape index (κ1) is 22.8. The summed E-state index contributed by atoms with van der Waals surface area (Å²) < 4.78 is 2.36. The van der Waals surface area contributed by atoms with Gasteiger partial charge in [-0.2, -0.15) is 12.6 Å². The molecule has 2 nitrogen and oxygen atoms in total. The first-order valence-electron chi connectivity index (χ1n) is 11.4. The molecule has 1 aromatic heterocycles. The summed E-state index contributed by atoms with van der Waals surface area (Å²) in [6.07, 6.45) is 6.32. The van der Waals surface area contributed by atoms with Gasteiger partial charge < -0.3 is 9.55 Å². The molecule has 0 saturated heterocycles. The van der Waals surface area contributed by atoms with Gasteiger partial charge in [-0.05, 0) is 55.4 Å². The highest BCUT2D eigenvalue weighted by Crippen LogP contribution is 2.33. The van der Waals surface area contributed by atoms with E-state index in [9.17, 15) is 0 Å². The van der Waals surface area contributed by atoms with Crippen LogP contribution in [0.25, 0.3) is 21.8 Å². The number of hydrogen-bond acceptors (Lipinski definition) is 1. The van der Waals surface area contributed by atoms with Crippen molar-refractivity contribution in [1.29, 1.82) is 0 Å². The molecule has 3 rings (SSSR count). The van der Waals surface area contributed by atoms with Gasteiger partial charge in [0.2, 0.25) is 0 Å². The van der Waals surface area contributed by atoms with E-state index in [-0.39, 0.29) is 5.41 Å². The third kappa shape index (κ3) is 4.72. The summed E-state index contributed by atoms with van der Waals surface area (Å²) in [6.45, 7) is 13.5. The number of aromatic amines is 1. The third-order valence-electron chi connectivity index (χ3n) is 6.22. The fourth-order valence-corrected chi connectivity index (χ4v) is 4.68. The average Bonchev–Trinajstić information content (AvgIpc) is 2.71. The molecule has 3 heteroatoms. The Morgan fingerprint density at radius 1 is 0.967 bits per heavy atom. The van der Waals surface area contributed by atoms with E-state index in [2.05, 4.69) is 87.5 Å². The Morgan fingerprint density at radius 3 is 2.40 bits per heavy atom. The maximum absolute atomic E-state index is 4.73. The normalized spacial score (nSPS) is 12.0. The summed E-state index contributed by atoms with van der Waals surface area (Å²) in [5, 5.41) is 2.59. The topological polar surface area (TPSA) is 20.7 Å². The molecule has 0 radical (unpaired) electrons. The van der Waals surface area contributed by atoms with Crippen LogP contribution < -0.4 is 0 Å². The number of aryl methyl sites for hydroxylation is 2. The number of aromatic nitrogens is 2. The van der Waals surface area contributed by atoms with Crippen molar-refractivity contribution in [2.45, 2.75) is 84.9 Å². The van der Waals surface area contributed by atoms with Gasteiger partial charge in [-0.1, -0.05) is 71.2 Å². The molecule has 0 amide bonds. The van der Waals surface area contributed by atoms with Crippen molar-refractivity contribution in [3.05, 3.63) is 58.9 Å². The monoisotopic (exact) mass is 422 g/mol. The molecule has 0 aliphatic heterocycles. The Balaban J connectivity index is 2.39. The number of unbranched alkanes of at least 4 members (excludes halogenated alkanes) is 3. The minimum Gasteiger partial charge on any atom is -0.357 e. The van der Waals surface area contributed by atoms with E-state index in [1.54, 1.807) is 0 Å². The maximum atomic E-state index is 4.73. The molecule has 162 valence electrons. The fraction of sp³-hybridized carbons (Fsp3) is 0.481. The van der Waals surface area contributed by atoms with Gasteiger partial charge in [0.25, 0.3) is 0 Å². The molecule has 3 aromatic rings. The lowest BCUT2D eigenvalue weighted by molar-refractivity contribution is 0.591. The summed E-state index contributed by atoms with van der Waals surface area (Å²) >= 11 is 4.73. The van der Waals surface area contributed by atoms with Gasteiger partial charge in [0.05, 0.1) is 11.4 Å². The van der Waals surface area contributed by atoms with Crippen LogP contribution in [-0.4, -0.2) is 9.55 Å². The fourth-order valence-electron chi connectivity index (χ4n) is 4.33. The van der Waals surface area contributed by atoms with E-state index in [0.717, 1.165) is 6.42 Å². The van der Waals surface area contributed by atoms with Crippen molar-refractivity contribution in [1.82, 2.24) is 9.55 Å². The second kappa shape index (κ2) is 9.51. The van der Waals surface area contributed by atoms with Crippen molar-refractivity contribution in [3.63, 3.8) is 0 Å². The molecule has 30 heavy (non-hydrogen) atoms. The molecule has 0 unspecified atom stereocenters. The van der Waals surface area contributed by atoms with Gasteiger partial charge in [0.15, 0.2) is 0 Å². The van der Waals surface area contributed by atoms with Crippen LogP contribution in [0.3, 0.4) is 0 Å². The molecular weight excluding hydrogens is 384 g/mol. The highest BCUT2D eigenvalue weighted by atomic mass is 32.1. The zero-order chi connectivity index (χ0) is 21.9. The lowest BCUT2D eigenvalue weighted by Crippen LogP contribution is -2.15. The minimum atomic E-state index is 0.0469. The van der Waals surface area contributed by atoms with Crippen molar-refractivity contribution >= 4 is 34.4 Å². The van der Waals surface area contributed by atoms with Crippen LogP contribution in [0.5, 0.6) is 0 Å². The van der Waals surface area contributed by atoms with Crippen LogP contribution in [0.2, 0.25) is 0 Å². The number of hydrogen-bond donors (Lipinski definition) is 2.